The fraction of sp³-hybridized carbons (Fsp3) is 1.00. The van der Waals surface area contributed by atoms with Gasteiger partial charge in [-0.05, 0) is 33.2 Å². The number of nitrogens with one attached hydrogen (secondary N) is 1. The highest BCUT2D eigenvalue weighted by Gasteiger charge is 2.37. The molecule has 0 aromatic heterocycles. The van der Waals surface area contributed by atoms with E-state index in [1.165, 1.54) is 77.0 Å². The van der Waals surface area contributed by atoms with Gasteiger partial charge in [-0.3, -0.25) is 4.90 Å². The Morgan fingerprint density at radius 3 is 1.60 bits per heavy atom. The van der Waals surface area contributed by atoms with E-state index in [1.807, 2.05) is 0 Å². The molecule has 4 unspecified atom stereocenters. The van der Waals surface area contributed by atoms with Crippen molar-refractivity contribution in [2.75, 3.05) is 7.05 Å². The zero-order valence-corrected chi connectivity index (χ0v) is 19.2. The van der Waals surface area contributed by atoms with Gasteiger partial charge >= 0.3 is 0 Å². The summed E-state index contributed by atoms with van der Waals surface area (Å²) in [6, 6.07) is 2.84. The second-order valence-electron chi connectivity index (χ2n) is 7.84. The molecular formula is C21H46Cl2N2. The molecule has 1 aliphatic heterocycles. The third kappa shape index (κ3) is 9.84. The molecule has 0 aromatic rings. The van der Waals surface area contributed by atoms with E-state index in [4.69, 9.17) is 0 Å². The van der Waals surface area contributed by atoms with E-state index >= 15 is 0 Å². The molecule has 2 nitrogen and oxygen atoms in total. The maximum Gasteiger partial charge on any atom is 0.0249 e. The number of unbranched alkanes of at least 4 members (excludes halogenated alkanes) is 6. The van der Waals surface area contributed by atoms with Crippen molar-refractivity contribution in [2.45, 2.75) is 129 Å². The van der Waals surface area contributed by atoms with Crippen molar-refractivity contribution in [3.8, 4) is 0 Å². The van der Waals surface area contributed by atoms with E-state index in [9.17, 15) is 0 Å². The topological polar surface area (TPSA) is 15.3 Å². The van der Waals surface area contributed by atoms with Gasteiger partial charge in [0.15, 0.2) is 0 Å². The van der Waals surface area contributed by atoms with Crippen LogP contribution < -0.4 is 5.32 Å². The Balaban J connectivity index is 0. The maximum absolute atomic E-state index is 4.09. The van der Waals surface area contributed by atoms with Gasteiger partial charge in [0.05, 0.1) is 0 Å². The minimum atomic E-state index is 0. The van der Waals surface area contributed by atoms with Crippen molar-refractivity contribution in [2.24, 2.45) is 0 Å². The van der Waals surface area contributed by atoms with Crippen LogP contribution in [0.5, 0.6) is 0 Å². The first kappa shape index (κ1) is 27.7. The molecule has 1 aliphatic rings. The molecule has 25 heavy (non-hydrogen) atoms. The quantitative estimate of drug-likeness (QED) is 0.373. The van der Waals surface area contributed by atoms with E-state index in [-0.39, 0.29) is 24.8 Å². The van der Waals surface area contributed by atoms with E-state index in [0.29, 0.717) is 18.1 Å². The molecule has 0 bridgehead atoms. The summed E-state index contributed by atoms with van der Waals surface area (Å²) in [4.78, 5) is 2.72. The number of hydrogen-bond acceptors (Lipinski definition) is 2. The van der Waals surface area contributed by atoms with E-state index in [2.05, 4.69) is 45.0 Å². The largest absolute Gasteiger partial charge is 0.308 e. The monoisotopic (exact) mass is 396 g/mol. The van der Waals surface area contributed by atoms with E-state index in [0.717, 1.165) is 6.04 Å². The lowest BCUT2D eigenvalue weighted by atomic mass is 9.87. The predicted molar refractivity (Wildman–Crippen MR) is 119 cm³/mol. The van der Waals surface area contributed by atoms with Gasteiger partial charge in [-0.15, -0.1) is 24.8 Å². The number of nitrogens with zero attached hydrogens (tertiary/aromatic N) is 1. The van der Waals surface area contributed by atoms with Crippen LogP contribution in [0, 0.1) is 0 Å². The fourth-order valence-electron chi connectivity index (χ4n) is 4.23. The summed E-state index contributed by atoms with van der Waals surface area (Å²) in [7, 11) is 2.39. The lowest BCUT2D eigenvalue weighted by Crippen LogP contribution is -2.65. The fourth-order valence-corrected chi connectivity index (χ4v) is 4.23. The lowest BCUT2D eigenvalue weighted by Gasteiger charge is -2.49. The Morgan fingerprint density at radius 1 is 0.680 bits per heavy atom. The lowest BCUT2D eigenvalue weighted by molar-refractivity contribution is 0.0487. The molecule has 4 atom stereocenters. The van der Waals surface area contributed by atoms with Crippen molar-refractivity contribution in [3.05, 3.63) is 0 Å². The molecule has 0 saturated carbocycles. The number of likely N-dealkylation sites (N-methyl/N-ethyl adjacent to an activating group) is 1. The number of piperazine rings is 1. The van der Waals surface area contributed by atoms with Gasteiger partial charge < -0.3 is 5.32 Å². The minimum absolute atomic E-state index is 0. The molecule has 4 heteroatoms. The molecule has 1 fully saturated rings. The van der Waals surface area contributed by atoms with E-state index < -0.39 is 0 Å². The predicted octanol–water partition coefficient (Wildman–Crippen LogP) is 6.60. The summed E-state index contributed by atoms with van der Waals surface area (Å²) < 4.78 is 0. The summed E-state index contributed by atoms with van der Waals surface area (Å²) in [5, 5.41) is 4.09. The Hall–Kier alpha value is 0.500. The highest BCUT2D eigenvalue weighted by atomic mass is 35.5. The van der Waals surface area contributed by atoms with Gasteiger partial charge in [0, 0.05) is 24.2 Å². The molecule has 0 aromatic carbocycles. The first-order valence-corrected chi connectivity index (χ1v) is 10.6. The number of hydrogen-bond donors (Lipinski definition) is 1. The summed E-state index contributed by atoms with van der Waals surface area (Å²) in [6.07, 6.45) is 16.4. The van der Waals surface area contributed by atoms with Crippen LogP contribution in [0.15, 0.2) is 0 Å². The van der Waals surface area contributed by atoms with Crippen LogP contribution in [0.3, 0.4) is 0 Å². The molecule has 154 valence electrons. The Morgan fingerprint density at radius 2 is 1.12 bits per heavy atom. The van der Waals surface area contributed by atoms with Gasteiger partial charge in [0.25, 0.3) is 0 Å². The molecule has 1 saturated heterocycles. The smallest absolute Gasteiger partial charge is 0.0249 e. The van der Waals surface area contributed by atoms with Crippen molar-refractivity contribution in [1.82, 2.24) is 10.2 Å². The van der Waals surface area contributed by atoms with Crippen LogP contribution in [0.25, 0.3) is 0 Å². The SMILES string of the molecule is CCCCCC1NC(CCCCC)C(CCCCC)N(C)C1C.Cl.Cl. The summed E-state index contributed by atoms with van der Waals surface area (Å²) >= 11 is 0. The van der Waals surface area contributed by atoms with Gasteiger partial charge in [0.1, 0.15) is 0 Å². The highest BCUT2D eigenvalue weighted by molar-refractivity contribution is 5.85. The Kier molecular flexibility index (Phi) is 18.5. The Bertz CT molecular complexity index is 289. The van der Waals surface area contributed by atoms with Crippen LogP contribution in [0.1, 0.15) is 105 Å². The molecule has 0 amide bonds. The third-order valence-electron chi connectivity index (χ3n) is 5.98. The minimum Gasteiger partial charge on any atom is -0.308 e. The van der Waals surface area contributed by atoms with Crippen LogP contribution >= 0.6 is 24.8 Å². The van der Waals surface area contributed by atoms with Crippen LogP contribution in [0.4, 0.5) is 0 Å². The standard InChI is InChI=1S/C21H44N2.2ClH/c1-6-9-12-15-19-18(4)23(5)21(17-14-11-8-3)20(22-19)16-13-10-7-2;;/h18-22H,6-17H2,1-5H3;2*1H. The van der Waals surface area contributed by atoms with E-state index in [1.54, 1.807) is 0 Å². The van der Waals surface area contributed by atoms with Gasteiger partial charge in [-0.1, -0.05) is 78.6 Å². The average molecular weight is 398 g/mol. The molecule has 1 heterocycles. The van der Waals surface area contributed by atoms with Crippen molar-refractivity contribution < 1.29 is 0 Å². The first-order chi connectivity index (χ1) is 11.2. The maximum atomic E-state index is 4.09. The average Bonchev–Trinajstić information content (AvgIpc) is 2.55. The van der Waals surface area contributed by atoms with Crippen LogP contribution in [0.2, 0.25) is 0 Å². The summed E-state index contributed by atoms with van der Waals surface area (Å²) in [5.74, 6) is 0. The number of rotatable bonds is 12. The summed E-state index contributed by atoms with van der Waals surface area (Å²) in [6.45, 7) is 9.38. The van der Waals surface area contributed by atoms with Crippen molar-refractivity contribution in [3.63, 3.8) is 0 Å². The third-order valence-corrected chi connectivity index (χ3v) is 5.98. The second kappa shape index (κ2) is 16.7. The molecule has 1 N–H and O–H groups in total. The second-order valence-corrected chi connectivity index (χ2v) is 7.84. The molecule has 0 radical (unpaired) electrons. The molecule has 1 rings (SSSR count). The van der Waals surface area contributed by atoms with Gasteiger partial charge in [-0.25, -0.2) is 0 Å². The zero-order chi connectivity index (χ0) is 17.1. The zero-order valence-electron chi connectivity index (χ0n) is 17.6. The molecular weight excluding hydrogens is 351 g/mol. The van der Waals surface area contributed by atoms with Gasteiger partial charge in [0.2, 0.25) is 0 Å². The normalized spacial score (nSPS) is 26.8. The van der Waals surface area contributed by atoms with Crippen molar-refractivity contribution >= 4 is 24.8 Å². The molecule has 0 spiro atoms. The molecule has 0 aliphatic carbocycles. The summed E-state index contributed by atoms with van der Waals surface area (Å²) in [5.41, 5.74) is 0. The Labute approximate surface area is 171 Å². The first-order valence-electron chi connectivity index (χ1n) is 10.6. The van der Waals surface area contributed by atoms with Crippen molar-refractivity contribution in [1.29, 1.82) is 0 Å². The van der Waals surface area contributed by atoms with Crippen LogP contribution in [-0.2, 0) is 0 Å². The van der Waals surface area contributed by atoms with Crippen LogP contribution in [-0.4, -0.2) is 36.1 Å². The number of halogens is 2. The highest BCUT2D eigenvalue weighted by Crippen LogP contribution is 2.27. The van der Waals surface area contributed by atoms with Gasteiger partial charge in [-0.2, -0.15) is 0 Å².